The van der Waals surface area contributed by atoms with Gasteiger partial charge in [0.05, 0.1) is 23.0 Å². The second-order valence-corrected chi connectivity index (χ2v) is 5.11. The van der Waals surface area contributed by atoms with Gasteiger partial charge in [0.25, 0.3) is 11.4 Å². The van der Waals surface area contributed by atoms with Gasteiger partial charge in [-0.3, -0.25) is 20.2 Å². The van der Waals surface area contributed by atoms with Crippen LogP contribution in [0.3, 0.4) is 0 Å². The summed E-state index contributed by atoms with van der Waals surface area (Å²) in [5.74, 6) is 0.315. The van der Waals surface area contributed by atoms with Crippen LogP contribution >= 0.6 is 11.6 Å². The first-order valence-electron chi connectivity index (χ1n) is 6.60. The molecule has 0 fully saturated rings. The van der Waals surface area contributed by atoms with Crippen LogP contribution in [-0.4, -0.2) is 22.1 Å². The Balaban J connectivity index is 0.000000243. The van der Waals surface area contributed by atoms with Crippen molar-refractivity contribution >= 4 is 23.0 Å². The Bertz CT molecular complexity index is 779. The number of nitrogens with zero attached hydrogens (tertiary/aromatic N) is 2. The zero-order chi connectivity index (χ0) is 18.4. The van der Waals surface area contributed by atoms with Crippen LogP contribution in [0.5, 0.6) is 11.5 Å². The van der Waals surface area contributed by atoms with E-state index in [9.17, 15) is 20.2 Å². The minimum atomic E-state index is -0.542. The molecule has 2 rings (SSSR count). The highest BCUT2D eigenvalue weighted by molar-refractivity contribution is 6.34. The molecule has 2 aromatic rings. The number of rotatable bonds is 3. The van der Waals surface area contributed by atoms with Crippen LogP contribution in [0.15, 0.2) is 30.3 Å². The zero-order valence-electron chi connectivity index (χ0n) is 13.1. The van der Waals surface area contributed by atoms with Gasteiger partial charge in [-0.2, -0.15) is 0 Å². The molecule has 0 spiro atoms. The first-order valence-corrected chi connectivity index (χ1v) is 6.98. The van der Waals surface area contributed by atoms with E-state index in [1.165, 1.54) is 25.3 Å². The molecule has 1 N–H and O–H groups in total. The van der Waals surface area contributed by atoms with E-state index in [0.717, 1.165) is 11.6 Å². The Morgan fingerprint density at radius 3 is 2.08 bits per heavy atom. The fourth-order valence-electron chi connectivity index (χ4n) is 1.75. The van der Waals surface area contributed by atoms with Gasteiger partial charge in [0.2, 0.25) is 0 Å². The van der Waals surface area contributed by atoms with E-state index in [1.54, 1.807) is 19.9 Å². The molecular formula is C15H15ClN2O6. The van der Waals surface area contributed by atoms with Gasteiger partial charge >= 0.3 is 0 Å². The molecule has 9 heteroatoms. The number of nitro groups is 2. The Hall–Kier alpha value is -2.87. The van der Waals surface area contributed by atoms with E-state index < -0.39 is 9.85 Å². The van der Waals surface area contributed by atoms with Gasteiger partial charge in [0, 0.05) is 12.1 Å². The van der Waals surface area contributed by atoms with Crippen molar-refractivity contribution in [3.63, 3.8) is 0 Å². The topological polar surface area (TPSA) is 116 Å². The van der Waals surface area contributed by atoms with E-state index in [-0.39, 0.29) is 22.1 Å². The first-order chi connectivity index (χ1) is 11.2. The first kappa shape index (κ1) is 19.2. The molecule has 0 saturated heterocycles. The van der Waals surface area contributed by atoms with E-state index in [4.69, 9.17) is 21.4 Å². The molecule has 128 valence electrons. The largest absolute Gasteiger partial charge is 0.507 e. The van der Waals surface area contributed by atoms with Crippen molar-refractivity contribution in [2.45, 2.75) is 13.8 Å². The molecule has 0 amide bonds. The average molecular weight is 355 g/mol. The number of hydrogen-bond acceptors (Lipinski definition) is 6. The monoisotopic (exact) mass is 354 g/mol. The van der Waals surface area contributed by atoms with Gasteiger partial charge in [-0.15, -0.1) is 0 Å². The highest BCUT2D eigenvalue weighted by Gasteiger charge is 2.17. The number of aryl methyl sites for hydroxylation is 2. The van der Waals surface area contributed by atoms with Crippen molar-refractivity contribution < 1.29 is 19.7 Å². The van der Waals surface area contributed by atoms with E-state index >= 15 is 0 Å². The third kappa shape index (κ3) is 4.56. The number of phenolic OH excluding ortho intramolecular Hbond substituents is 1. The summed E-state index contributed by atoms with van der Waals surface area (Å²) < 4.78 is 4.93. The molecule has 2 aromatic carbocycles. The van der Waals surface area contributed by atoms with Crippen LogP contribution in [0.1, 0.15) is 11.1 Å². The lowest BCUT2D eigenvalue weighted by Gasteiger charge is -2.05. The van der Waals surface area contributed by atoms with Gasteiger partial charge < -0.3 is 9.84 Å². The van der Waals surface area contributed by atoms with Crippen molar-refractivity contribution in [2.24, 2.45) is 0 Å². The van der Waals surface area contributed by atoms with E-state index in [2.05, 4.69) is 0 Å². The van der Waals surface area contributed by atoms with Crippen LogP contribution in [0, 0.1) is 34.1 Å². The molecular weight excluding hydrogens is 340 g/mol. The quantitative estimate of drug-likeness (QED) is 0.653. The second kappa shape index (κ2) is 8.11. The lowest BCUT2D eigenvalue weighted by atomic mass is 10.2. The number of ether oxygens (including phenoxy) is 1. The molecule has 0 aliphatic carbocycles. The Morgan fingerprint density at radius 1 is 1.04 bits per heavy atom. The van der Waals surface area contributed by atoms with Gasteiger partial charge in [0.15, 0.2) is 5.02 Å². The van der Waals surface area contributed by atoms with Gasteiger partial charge in [-0.25, -0.2) is 0 Å². The van der Waals surface area contributed by atoms with Crippen molar-refractivity contribution in [1.29, 1.82) is 0 Å². The molecule has 0 aliphatic heterocycles. The number of methoxy groups -OCH3 is 1. The predicted molar refractivity (Wildman–Crippen MR) is 88.9 cm³/mol. The van der Waals surface area contributed by atoms with Crippen LogP contribution < -0.4 is 4.74 Å². The van der Waals surface area contributed by atoms with Crippen LogP contribution in [-0.2, 0) is 0 Å². The van der Waals surface area contributed by atoms with Crippen molar-refractivity contribution in [3.8, 4) is 11.5 Å². The number of phenols is 1. The molecule has 0 saturated carbocycles. The van der Waals surface area contributed by atoms with Gasteiger partial charge in [-0.1, -0.05) is 11.6 Å². The van der Waals surface area contributed by atoms with Crippen molar-refractivity contribution in [1.82, 2.24) is 0 Å². The standard InChI is InChI=1S/C8H8ClNO3.C7H7NO3/c1-5-3-4-6(10(11)12)7(9)8(5)13-2;1-5-2-3-6(8(10)11)4-7(5)9/h3-4H,1-2H3;2-4,9H,1H3. The summed E-state index contributed by atoms with van der Waals surface area (Å²) in [5.41, 5.74) is 1.19. The van der Waals surface area contributed by atoms with Crippen LogP contribution in [0.2, 0.25) is 5.02 Å². The van der Waals surface area contributed by atoms with Gasteiger partial charge in [-0.05, 0) is 37.1 Å². The molecule has 0 aliphatic rings. The minimum Gasteiger partial charge on any atom is -0.507 e. The highest BCUT2D eigenvalue weighted by atomic mass is 35.5. The third-order valence-corrected chi connectivity index (χ3v) is 3.44. The number of hydrogen-bond donors (Lipinski definition) is 1. The number of benzene rings is 2. The maximum absolute atomic E-state index is 10.5. The summed E-state index contributed by atoms with van der Waals surface area (Å²) in [7, 11) is 1.43. The maximum Gasteiger partial charge on any atom is 0.291 e. The minimum absolute atomic E-state index is 0.0424. The van der Waals surface area contributed by atoms with E-state index in [1.807, 2.05) is 0 Å². The molecule has 0 atom stereocenters. The number of halogens is 1. The summed E-state index contributed by atoms with van der Waals surface area (Å²) in [6.07, 6.45) is 0. The normalized spacial score (nSPS) is 9.67. The SMILES string of the molecule is COc1c(C)ccc([N+](=O)[O-])c1Cl.Cc1ccc([N+](=O)[O-])cc1O. The fourth-order valence-corrected chi connectivity index (χ4v) is 2.10. The predicted octanol–water partition coefficient (Wildman–Crippen LogP) is 4.17. The van der Waals surface area contributed by atoms with Crippen LogP contribution in [0.4, 0.5) is 11.4 Å². The summed E-state index contributed by atoms with van der Waals surface area (Å²) in [6, 6.07) is 6.96. The van der Waals surface area contributed by atoms with Crippen molar-refractivity contribution in [3.05, 3.63) is 66.7 Å². The number of nitro benzene ring substituents is 2. The van der Waals surface area contributed by atoms with Gasteiger partial charge in [0.1, 0.15) is 11.5 Å². The van der Waals surface area contributed by atoms with E-state index in [0.29, 0.717) is 11.3 Å². The average Bonchev–Trinajstić information content (AvgIpc) is 2.50. The summed E-state index contributed by atoms with van der Waals surface area (Å²) in [6.45, 7) is 3.45. The lowest BCUT2D eigenvalue weighted by Crippen LogP contribution is -1.94. The number of aromatic hydroxyl groups is 1. The molecule has 0 unspecified atom stereocenters. The molecule has 0 aromatic heterocycles. The Kier molecular flexibility index (Phi) is 6.48. The molecule has 8 nitrogen and oxygen atoms in total. The Morgan fingerprint density at radius 2 is 1.62 bits per heavy atom. The van der Waals surface area contributed by atoms with Crippen LogP contribution in [0.25, 0.3) is 0 Å². The third-order valence-electron chi connectivity index (χ3n) is 3.08. The van der Waals surface area contributed by atoms with Crippen molar-refractivity contribution in [2.75, 3.05) is 7.11 Å². The summed E-state index contributed by atoms with van der Waals surface area (Å²) in [5, 5.41) is 29.7. The molecule has 24 heavy (non-hydrogen) atoms. The molecule has 0 bridgehead atoms. The zero-order valence-corrected chi connectivity index (χ0v) is 13.9. The summed E-state index contributed by atoms with van der Waals surface area (Å²) in [4.78, 5) is 19.5. The number of non-ortho nitro benzene ring substituents is 1. The maximum atomic E-state index is 10.5. The summed E-state index contributed by atoms with van der Waals surface area (Å²) >= 11 is 5.74. The highest BCUT2D eigenvalue weighted by Crippen LogP contribution is 2.35. The second-order valence-electron chi connectivity index (χ2n) is 4.73. The molecule has 0 radical (unpaired) electrons. The molecule has 0 heterocycles. The fraction of sp³-hybridized carbons (Fsp3) is 0.200. The lowest BCUT2D eigenvalue weighted by molar-refractivity contribution is -0.385. The smallest absolute Gasteiger partial charge is 0.291 e. The Labute approximate surface area is 142 Å².